The highest BCUT2D eigenvalue weighted by Gasteiger charge is 2.10. The fourth-order valence-corrected chi connectivity index (χ4v) is 0.729. The maximum atomic E-state index is 4.05. The van der Waals surface area contributed by atoms with E-state index in [0.29, 0.717) is 6.04 Å². The van der Waals surface area contributed by atoms with Crippen LogP contribution in [0.2, 0.25) is 0 Å². The minimum Gasteiger partial charge on any atom is -0.335 e. The molecule has 8 heavy (non-hydrogen) atoms. The molecule has 0 spiro atoms. The van der Waals surface area contributed by atoms with Crippen molar-refractivity contribution in [1.82, 2.24) is 4.90 Å². The van der Waals surface area contributed by atoms with E-state index in [0.717, 1.165) is 6.54 Å². The lowest BCUT2D eigenvalue weighted by atomic mass is 10.3. The van der Waals surface area contributed by atoms with E-state index in [2.05, 4.69) is 18.5 Å². The van der Waals surface area contributed by atoms with Gasteiger partial charge in [-0.1, -0.05) is 6.58 Å². The Hall–Kier alpha value is -0.790. The van der Waals surface area contributed by atoms with E-state index in [1.807, 2.05) is 11.2 Å². The third kappa shape index (κ3) is 0.735. The third-order valence-electron chi connectivity index (χ3n) is 1.30. The molecule has 2 nitrogen and oxygen atoms in total. The quantitative estimate of drug-likeness (QED) is 0.489. The summed E-state index contributed by atoms with van der Waals surface area (Å²) in [6, 6.07) is 0.521. The van der Waals surface area contributed by atoms with Crippen molar-refractivity contribution in [3.8, 4) is 0 Å². The number of hydrogen-bond donors (Lipinski definition) is 0. The summed E-state index contributed by atoms with van der Waals surface area (Å²) in [4.78, 5) is 6.05. The van der Waals surface area contributed by atoms with Gasteiger partial charge >= 0.3 is 0 Å². The van der Waals surface area contributed by atoms with Gasteiger partial charge in [0.1, 0.15) is 0 Å². The molecule has 0 aromatic rings. The van der Waals surface area contributed by atoms with Crippen molar-refractivity contribution < 1.29 is 0 Å². The summed E-state index contributed by atoms with van der Waals surface area (Å²) in [6.07, 6.45) is 3.61. The van der Waals surface area contributed by atoms with Gasteiger partial charge in [-0.2, -0.15) is 0 Å². The normalized spacial score (nSPS) is 26.6. The molecular weight excluding hydrogens is 100 g/mol. The van der Waals surface area contributed by atoms with E-state index in [-0.39, 0.29) is 0 Å². The first-order valence-electron chi connectivity index (χ1n) is 2.74. The smallest absolute Gasteiger partial charge is 0.0893 e. The van der Waals surface area contributed by atoms with Crippen LogP contribution in [0.15, 0.2) is 17.8 Å². The van der Waals surface area contributed by atoms with Crippen molar-refractivity contribution in [1.29, 1.82) is 0 Å². The number of nitrogens with zero attached hydrogens (tertiary/aromatic N) is 2. The summed E-state index contributed by atoms with van der Waals surface area (Å²) >= 11 is 0. The standard InChI is InChI=1S/C6H10N2/c1-3-8-5-7-4-6(8)2/h3,5-6H,1,4H2,2H3. The molecule has 0 saturated carbocycles. The summed E-state index contributed by atoms with van der Waals surface area (Å²) in [5.74, 6) is 0. The Labute approximate surface area is 49.5 Å². The van der Waals surface area contributed by atoms with Gasteiger partial charge in [0.25, 0.3) is 0 Å². The van der Waals surface area contributed by atoms with Gasteiger partial charge in [0.15, 0.2) is 0 Å². The lowest BCUT2D eigenvalue weighted by Gasteiger charge is -2.13. The van der Waals surface area contributed by atoms with E-state index in [9.17, 15) is 0 Å². The summed E-state index contributed by atoms with van der Waals surface area (Å²) in [6.45, 7) is 6.66. The molecule has 1 aliphatic rings. The third-order valence-corrected chi connectivity index (χ3v) is 1.30. The van der Waals surface area contributed by atoms with Crippen LogP contribution in [0.4, 0.5) is 0 Å². The number of aliphatic imine (C=N–C) groups is 1. The first-order valence-corrected chi connectivity index (χ1v) is 2.74. The Morgan fingerprint density at radius 1 is 2.00 bits per heavy atom. The molecule has 1 aliphatic heterocycles. The van der Waals surface area contributed by atoms with E-state index in [1.165, 1.54) is 0 Å². The largest absolute Gasteiger partial charge is 0.335 e. The van der Waals surface area contributed by atoms with Crippen LogP contribution in [0, 0.1) is 0 Å². The van der Waals surface area contributed by atoms with E-state index in [4.69, 9.17) is 0 Å². The second kappa shape index (κ2) is 1.99. The van der Waals surface area contributed by atoms with Gasteiger partial charge in [-0.15, -0.1) is 0 Å². The Morgan fingerprint density at radius 2 is 2.75 bits per heavy atom. The molecule has 0 aromatic carbocycles. The van der Waals surface area contributed by atoms with Crippen LogP contribution in [0.25, 0.3) is 0 Å². The predicted molar refractivity (Wildman–Crippen MR) is 34.9 cm³/mol. The van der Waals surface area contributed by atoms with Crippen LogP contribution in [0.1, 0.15) is 6.92 Å². The van der Waals surface area contributed by atoms with Gasteiger partial charge in [0.05, 0.1) is 18.9 Å². The van der Waals surface area contributed by atoms with Crippen LogP contribution < -0.4 is 0 Å². The number of hydrogen-bond acceptors (Lipinski definition) is 2. The van der Waals surface area contributed by atoms with Crippen molar-refractivity contribution in [2.75, 3.05) is 6.54 Å². The minimum atomic E-state index is 0.521. The highest BCUT2D eigenvalue weighted by atomic mass is 15.2. The lowest BCUT2D eigenvalue weighted by Crippen LogP contribution is -2.22. The van der Waals surface area contributed by atoms with E-state index < -0.39 is 0 Å². The molecule has 0 aromatic heterocycles. The van der Waals surface area contributed by atoms with Crippen molar-refractivity contribution in [2.45, 2.75) is 13.0 Å². The van der Waals surface area contributed by atoms with Crippen molar-refractivity contribution in [3.63, 3.8) is 0 Å². The fourth-order valence-electron chi connectivity index (χ4n) is 0.729. The first-order chi connectivity index (χ1) is 3.84. The molecular formula is C6H10N2. The maximum absolute atomic E-state index is 4.05. The van der Waals surface area contributed by atoms with E-state index >= 15 is 0 Å². The van der Waals surface area contributed by atoms with Crippen molar-refractivity contribution >= 4 is 6.34 Å². The predicted octanol–water partition coefficient (Wildman–Crippen LogP) is 0.862. The topological polar surface area (TPSA) is 15.6 Å². The van der Waals surface area contributed by atoms with Gasteiger partial charge in [-0.25, -0.2) is 0 Å². The number of rotatable bonds is 1. The fraction of sp³-hybridized carbons (Fsp3) is 0.500. The van der Waals surface area contributed by atoms with Crippen molar-refractivity contribution in [2.24, 2.45) is 4.99 Å². The van der Waals surface area contributed by atoms with Crippen molar-refractivity contribution in [3.05, 3.63) is 12.8 Å². The Morgan fingerprint density at radius 3 is 3.00 bits per heavy atom. The molecule has 1 heterocycles. The molecule has 1 atom stereocenters. The monoisotopic (exact) mass is 110 g/mol. The Kier molecular flexibility index (Phi) is 1.33. The molecule has 0 aliphatic carbocycles. The highest BCUT2D eigenvalue weighted by Crippen LogP contribution is 2.02. The molecule has 0 N–H and O–H groups in total. The van der Waals surface area contributed by atoms with Crippen LogP contribution >= 0.6 is 0 Å². The van der Waals surface area contributed by atoms with Crippen LogP contribution in [0.3, 0.4) is 0 Å². The molecule has 1 unspecified atom stereocenters. The van der Waals surface area contributed by atoms with Crippen LogP contribution in [-0.2, 0) is 0 Å². The van der Waals surface area contributed by atoms with Gasteiger partial charge in [0, 0.05) is 0 Å². The zero-order valence-electron chi connectivity index (χ0n) is 5.04. The summed E-state index contributed by atoms with van der Waals surface area (Å²) < 4.78 is 0. The molecule has 0 amide bonds. The highest BCUT2D eigenvalue weighted by molar-refractivity contribution is 5.59. The summed E-state index contributed by atoms with van der Waals surface area (Å²) in [5.41, 5.74) is 0. The molecule has 1 rings (SSSR count). The molecule has 2 heteroatoms. The minimum absolute atomic E-state index is 0.521. The Bertz CT molecular complexity index is 118. The summed E-state index contributed by atoms with van der Waals surface area (Å²) in [7, 11) is 0. The second-order valence-electron chi connectivity index (χ2n) is 1.96. The molecule has 0 fully saturated rings. The molecule has 0 radical (unpaired) electrons. The van der Waals surface area contributed by atoms with Crippen LogP contribution in [-0.4, -0.2) is 23.8 Å². The van der Waals surface area contributed by atoms with Gasteiger partial charge in [-0.05, 0) is 13.1 Å². The summed E-state index contributed by atoms with van der Waals surface area (Å²) in [5, 5.41) is 0. The second-order valence-corrected chi connectivity index (χ2v) is 1.96. The Balaban J connectivity index is 2.52. The zero-order chi connectivity index (χ0) is 5.98. The SMILES string of the molecule is C=CN1C=NCC1C. The van der Waals surface area contributed by atoms with Crippen LogP contribution in [0.5, 0.6) is 0 Å². The molecule has 0 saturated heterocycles. The van der Waals surface area contributed by atoms with Gasteiger partial charge in [-0.3, -0.25) is 4.99 Å². The average molecular weight is 110 g/mol. The average Bonchev–Trinajstić information content (AvgIpc) is 2.14. The molecule has 0 bridgehead atoms. The first kappa shape index (κ1) is 5.35. The van der Waals surface area contributed by atoms with Gasteiger partial charge in [0.2, 0.25) is 0 Å². The zero-order valence-corrected chi connectivity index (χ0v) is 5.04. The maximum Gasteiger partial charge on any atom is 0.0893 e. The van der Waals surface area contributed by atoms with Gasteiger partial charge < -0.3 is 4.90 Å². The van der Waals surface area contributed by atoms with E-state index in [1.54, 1.807) is 6.20 Å². The molecule has 44 valence electrons. The lowest BCUT2D eigenvalue weighted by molar-refractivity contribution is 0.483.